The van der Waals surface area contributed by atoms with E-state index in [0.717, 1.165) is 52.9 Å². The molecule has 2 N–H and O–H groups in total. The van der Waals surface area contributed by atoms with Crippen molar-refractivity contribution in [1.82, 2.24) is 24.7 Å². The fraction of sp³-hybridized carbons (Fsp3) is 0.217. The molecule has 4 heterocycles. The number of aromatic amines is 1. The van der Waals surface area contributed by atoms with Crippen molar-refractivity contribution in [2.75, 3.05) is 43.5 Å². The van der Waals surface area contributed by atoms with Gasteiger partial charge in [0.2, 0.25) is 0 Å². The highest BCUT2D eigenvalue weighted by molar-refractivity contribution is 9.10. The van der Waals surface area contributed by atoms with Gasteiger partial charge in [-0.3, -0.25) is 9.78 Å². The number of fused-ring (bicyclic) bond motifs is 1. The Bertz CT molecular complexity index is 1320. The summed E-state index contributed by atoms with van der Waals surface area (Å²) in [5.41, 5.74) is 3.57. The summed E-state index contributed by atoms with van der Waals surface area (Å²) in [7, 11) is 3.39. The van der Waals surface area contributed by atoms with E-state index < -0.39 is 0 Å². The Morgan fingerprint density at radius 1 is 1.15 bits per heavy atom. The molecular formula is C23H22BBrN7O2. The Labute approximate surface area is 206 Å². The highest BCUT2D eigenvalue weighted by atomic mass is 79.9. The third-order valence-electron chi connectivity index (χ3n) is 5.67. The first-order chi connectivity index (χ1) is 16.6. The van der Waals surface area contributed by atoms with Gasteiger partial charge in [0.25, 0.3) is 5.91 Å². The van der Waals surface area contributed by atoms with Gasteiger partial charge in [-0.2, -0.15) is 0 Å². The minimum Gasteiger partial charge on any atom is -0.427 e. The first-order valence-corrected chi connectivity index (χ1v) is 11.6. The lowest BCUT2D eigenvalue weighted by molar-refractivity contribution is 0.102. The smallest absolute Gasteiger partial charge is 0.398 e. The number of carbonyl (C=O) groups is 1. The molecule has 0 aliphatic carbocycles. The van der Waals surface area contributed by atoms with Crippen molar-refractivity contribution < 1.29 is 9.45 Å². The lowest BCUT2D eigenvalue weighted by Crippen LogP contribution is -2.48. The summed E-state index contributed by atoms with van der Waals surface area (Å²) >= 11 is 3.49. The molecule has 171 valence electrons. The quantitative estimate of drug-likeness (QED) is 0.377. The van der Waals surface area contributed by atoms with Crippen LogP contribution in [0.1, 0.15) is 10.5 Å². The van der Waals surface area contributed by atoms with Crippen LogP contribution in [-0.2, 0) is 4.65 Å². The molecule has 9 nitrogen and oxygen atoms in total. The second-order valence-corrected chi connectivity index (χ2v) is 8.81. The number of aromatic nitrogens is 4. The normalized spacial score (nSPS) is 14.4. The van der Waals surface area contributed by atoms with E-state index >= 15 is 0 Å². The van der Waals surface area contributed by atoms with Gasteiger partial charge >= 0.3 is 7.62 Å². The van der Waals surface area contributed by atoms with E-state index in [9.17, 15) is 4.79 Å². The number of rotatable bonds is 6. The zero-order valence-electron chi connectivity index (χ0n) is 18.5. The lowest BCUT2D eigenvalue weighted by Gasteiger charge is -2.36. The fourth-order valence-corrected chi connectivity index (χ4v) is 4.38. The van der Waals surface area contributed by atoms with Gasteiger partial charge in [0.05, 0.1) is 23.3 Å². The minimum atomic E-state index is -0.317. The SMILES string of the molecule is CO[B]N1CCN(c2ccncc2NC(=O)c2ccnc(-c3cc4cc(Br)ccc4[nH]3)n2)CC1. The van der Waals surface area contributed by atoms with Gasteiger partial charge in [-0.15, -0.1) is 0 Å². The van der Waals surface area contributed by atoms with Crippen LogP contribution < -0.4 is 10.2 Å². The molecule has 1 fully saturated rings. The number of nitrogens with one attached hydrogen (secondary N) is 2. The molecule has 4 aromatic rings. The second kappa shape index (κ2) is 9.92. The molecule has 1 radical (unpaired) electrons. The number of hydrogen-bond donors (Lipinski definition) is 2. The van der Waals surface area contributed by atoms with E-state index in [0.29, 0.717) is 11.5 Å². The molecule has 1 aliphatic heterocycles. The Hall–Kier alpha value is -3.28. The highest BCUT2D eigenvalue weighted by Gasteiger charge is 2.21. The van der Waals surface area contributed by atoms with Crippen molar-refractivity contribution in [3.8, 4) is 11.5 Å². The molecule has 0 saturated carbocycles. The van der Waals surface area contributed by atoms with Crippen LogP contribution in [0, 0.1) is 0 Å². The van der Waals surface area contributed by atoms with Crippen molar-refractivity contribution in [2.45, 2.75) is 0 Å². The van der Waals surface area contributed by atoms with Crippen LogP contribution in [-0.4, -0.2) is 71.6 Å². The van der Waals surface area contributed by atoms with Crippen molar-refractivity contribution in [1.29, 1.82) is 0 Å². The molecule has 1 aliphatic rings. The third-order valence-corrected chi connectivity index (χ3v) is 6.16. The Kier molecular flexibility index (Phi) is 6.57. The van der Waals surface area contributed by atoms with E-state index in [4.69, 9.17) is 4.65 Å². The summed E-state index contributed by atoms with van der Waals surface area (Å²) in [6, 6.07) is 11.5. The molecule has 1 saturated heterocycles. The first-order valence-electron chi connectivity index (χ1n) is 10.8. The summed E-state index contributed by atoms with van der Waals surface area (Å²) in [6.45, 7) is 3.28. The van der Waals surface area contributed by atoms with Crippen LogP contribution in [0.3, 0.4) is 0 Å². The van der Waals surface area contributed by atoms with Crippen LogP contribution >= 0.6 is 15.9 Å². The third kappa shape index (κ3) is 4.81. The molecule has 1 aromatic carbocycles. The largest absolute Gasteiger partial charge is 0.427 e. The van der Waals surface area contributed by atoms with Crippen molar-refractivity contribution in [2.24, 2.45) is 0 Å². The minimum absolute atomic E-state index is 0.277. The summed E-state index contributed by atoms with van der Waals surface area (Å²) in [4.78, 5) is 33.8. The summed E-state index contributed by atoms with van der Waals surface area (Å²) in [5.74, 6) is 0.139. The van der Waals surface area contributed by atoms with Crippen molar-refractivity contribution in [3.05, 3.63) is 65.2 Å². The molecule has 11 heteroatoms. The van der Waals surface area contributed by atoms with Crippen LogP contribution in [0.4, 0.5) is 11.4 Å². The first kappa shape index (κ1) is 22.5. The number of H-pyrrole nitrogens is 1. The number of nitrogens with zero attached hydrogens (tertiary/aromatic N) is 5. The highest BCUT2D eigenvalue weighted by Crippen LogP contribution is 2.27. The number of carbonyl (C=O) groups excluding carboxylic acids is 1. The molecular weight excluding hydrogens is 497 g/mol. The number of amides is 1. The van der Waals surface area contributed by atoms with Crippen LogP contribution in [0.15, 0.2) is 59.5 Å². The van der Waals surface area contributed by atoms with Gasteiger partial charge in [-0.05, 0) is 36.4 Å². The number of halogens is 1. The molecule has 1 amide bonds. The van der Waals surface area contributed by atoms with Crippen molar-refractivity contribution >= 4 is 51.7 Å². The van der Waals surface area contributed by atoms with Crippen LogP contribution in [0.25, 0.3) is 22.4 Å². The van der Waals surface area contributed by atoms with E-state index in [1.807, 2.05) is 30.3 Å². The maximum Gasteiger partial charge on any atom is 0.398 e. The van der Waals surface area contributed by atoms with Gasteiger partial charge in [0, 0.05) is 61.1 Å². The van der Waals surface area contributed by atoms with E-state index in [-0.39, 0.29) is 11.6 Å². The summed E-state index contributed by atoms with van der Waals surface area (Å²) < 4.78 is 6.10. The van der Waals surface area contributed by atoms with Crippen molar-refractivity contribution in [3.63, 3.8) is 0 Å². The Morgan fingerprint density at radius 2 is 2.00 bits per heavy atom. The number of benzene rings is 1. The molecule has 0 unspecified atom stereocenters. The summed E-state index contributed by atoms with van der Waals surface area (Å²) in [6.07, 6.45) is 4.99. The molecule has 0 spiro atoms. The maximum atomic E-state index is 13.1. The molecule has 34 heavy (non-hydrogen) atoms. The molecule has 0 bridgehead atoms. The van der Waals surface area contributed by atoms with Crippen LogP contribution in [0.2, 0.25) is 0 Å². The zero-order chi connectivity index (χ0) is 23.5. The standard InChI is InChI=1S/C23H22BBrN7O2/c1-34-24-32-10-8-31(9-11-32)21-5-6-26-14-20(21)30-23(33)18-4-7-27-22(29-18)19-13-15-12-16(25)2-3-17(15)28-19/h2-7,12-14,28H,8-11H2,1H3,(H,30,33). The van der Waals surface area contributed by atoms with Crippen LogP contribution in [0.5, 0.6) is 0 Å². The van der Waals surface area contributed by atoms with Gasteiger partial charge in [0.15, 0.2) is 5.82 Å². The Morgan fingerprint density at radius 3 is 2.82 bits per heavy atom. The molecule has 5 rings (SSSR count). The number of hydrogen-bond acceptors (Lipinski definition) is 7. The predicted octanol–water partition coefficient (Wildman–Crippen LogP) is 3.34. The zero-order valence-corrected chi connectivity index (χ0v) is 20.1. The number of piperazine rings is 1. The Balaban J connectivity index is 1.34. The average Bonchev–Trinajstić information content (AvgIpc) is 3.29. The number of anilines is 2. The predicted molar refractivity (Wildman–Crippen MR) is 136 cm³/mol. The average molecular weight is 519 g/mol. The number of pyridine rings is 1. The lowest BCUT2D eigenvalue weighted by atomic mass is 10.1. The maximum absolute atomic E-state index is 13.1. The monoisotopic (exact) mass is 518 g/mol. The second-order valence-electron chi connectivity index (χ2n) is 7.89. The van der Waals surface area contributed by atoms with Gasteiger partial charge in [-0.25, -0.2) is 9.97 Å². The molecule has 0 atom stereocenters. The topological polar surface area (TPSA) is 99.3 Å². The fourth-order valence-electron chi connectivity index (χ4n) is 4.00. The van der Waals surface area contributed by atoms with E-state index in [1.165, 1.54) is 0 Å². The van der Waals surface area contributed by atoms with Gasteiger partial charge in [0.1, 0.15) is 5.69 Å². The summed E-state index contributed by atoms with van der Waals surface area (Å²) in [5, 5.41) is 4.01. The molecule has 3 aromatic heterocycles. The van der Waals surface area contributed by atoms with Gasteiger partial charge in [-0.1, -0.05) is 15.9 Å². The van der Waals surface area contributed by atoms with Gasteiger partial charge < -0.3 is 24.7 Å². The van der Waals surface area contributed by atoms with E-state index in [2.05, 4.69) is 50.9 Å². The van der Waals surface area contributed by atoms with E-state index in [1.54, 1.807) is 39.4 Å².